The van der Waals surface area contributed by atoms with E-state index >= 15 is 0 Å². The summed E-state index contributed by atoms with van der Waals surface area (Å²) < 4.78 is 0. The molecule has 2 heterocycles. The van der Waals surface area contributed by atoms with E-state index in [-0.39, 0.29) is 17.2 Å². The van der Waals surface area contributed by atoms with Gasteiger partial charge in [0.15, 0.2) is 0 Å². The number of rotatable bonds is 6. The van der Waals surface area contributed by atoms with Gasteiger partial charge in [-0.3, -0.25) is 9.78 Å². The van der Waals surface area contributed by atoms with Crippen molar-refractivity contribution in [2.45, 2.75) is 31.7 Å². The minimum atomic E-state index is -0.286. The molecular formula is C23H28N6O2. The highest BCUT2D eigenvalue weighted by molar-refractivity contribution is 5.96. The molecule has 3 N–H and O–H groups in total. The van der Waals surface area contributed by atoms with Gasteiger partial charge < -0.3 is 20.6 Å². The van der Waals surface area contributed by atoms with E-state index in [0.29, 0.717) is 24.5 Å². The molecule has 8 heteroatoms. The SMILES string of the molecule is CN(C)c1nc(N[C@H]2CC[C@@H](CNC(=O)c3cnccc3O)CC2)nc2ccccc12. The average Bonchev–Trinajstić information content (AvgIpc) is 2.78. The van der Waals surface area contributed by atoms with Crippen LogP contribution in [0, 0.1) is 5.92 Å². The Morgan fingerprint density at radius 3 is 2.65 bits per heavy atom. The van der Waals surface area contributed by atoms with Crippen molar-refractivity contribution in [3.8, 4) is 5.75 Å². The van der Waals surface area contributed by atoms with Crippen LogP contribution in [0.1, 0.15) is 36.0 Å². The topological polar surface area (TPSA) is 103 Å². The van der Waals surface area contributed by atoms with Crippen LogP contribution >= 0.6 is 0 Å². The van der Waals surface area contributed by atoms with Gasteiger partial charge in [-0.05, 0) is 49.8 Å². The first kappa shape index (κ1) is 20.8. The van der Waals surface area contributed by atoms with Gasteiger partial charge in [0, 0.05) is 44.5 Å². The van der Waals surface area contributed by atoms with Gasteiger partial charge in [-0.25, -0.2) is 4.98 Å². The van der Waals surface area contributed by atoms with Gasteiger partial charge in [0.05, 0.1) is 11.1 Å². The molecule has 1 fully saturated rings. The number of fused-ring (bicyclic) bond motifs is 1. The second kappa shape index (κ2) is 9.16. The zero-order valence-electron chi connectivity index (χ0n) is 17.9. The molecule has 1 aromatic carbocycles. The molecule has 0 saturated heterocycles. The smallest absolute Gasteiger partial charge is 0.256 e. The highest BCUT2D eigenvalue weighted by Gasteiger charge is 2.23. The van der Waals surface area contributed by atoms with Gasteiger partial charge in [-0.1, -0.05) is 12.1 Å². The molecule has 0 radical (unpaired) electrons. The Kier molecular flexibility index (Phi) is 6.16. The van der Waals surface area contributed by atoms with Gasteiger partial charge in [0.25, 0.3) is 5.91 Å². The molecule has 0 unspecified atom stereocenters. The summed E-state index contributed by atoms with van der Waals surface area (Å²) in [6.07, 6.45) is 6.84. The van der Waals surface area contributed by atoms with Crippen molar-refractivity contribution < 1.29 is 9.90 Å². The fraction of sp³-hybridized carbons (Fsp3) is 0.391. The standard InChI is InChI=1S/C23H28N6O2/c1-29(2)21-17-5-3-4-6-19(17)27-23(28-21)26-16-9-7-15(8-10-16)13-25-22(31)18-14-24-12-11-20(18)30/h3-6,11-12,14-16H,7-10,13H2,1-2H3,(H,24,30)(H,25,31)(H,26,27,28)/t15-,16+. The maximum Gasteiger partial charge on any atom is 0.256 e. The largest absolute Gasteiger partial charge is 0.507 e. The van der Waals surface area contributed by atoms with E-state index in [2.05, 4.69) is 15.6 Å². The number of aromatic hydroxyl groups is 1. The van der Waals surface area contributed by atoms with Crippen LogP contribution in [0.3, 0.4) is 0 Å². The fourth-order valence-electron chi connectivity index (χ4n) is 4.05. The molecule has 1 aliphatic carbocycles. The first-order valence-electron chi connectivity index (χ1n) is 10.6. The van der Waals surface area contributed by atoms with Crippen LogP contribution in [-0.4, -0.2) is 52.6 Å². The van der Waals surface area contributed by atoms with Crippen LogP contribution in [0.25, 0.3) is 10.9 Å². The second-order valence-electron chi connectivity index (χ2n) is 8.25. The zero-order valence-corrected chi connectivity index (χ0v) is 17.9. The summed E-state index contributed by atoms with van der Waals surface area (Å²) in [5.41, 5.74) is 1.14. The molecule has 0 aliphatic heterocycles. The van der Waals surface area contributed by atoms with E-state index in [9.17, 15) is 9.90 Å². The minimum Gasteiger partial charge on any atom is -0.507 e. The number of amides is 1. The molecule has 162 valence electrons. The molecule has 0 spiro atoms. The molecule has 4 rings (SSSR count). The lowest BCUT2D eigenvalue weighted by atomic mass is 9.86. The first-order valence-corrected chi connectivity index (χ1v) is 10.6. The summed E-state index contributed by atoms with van der Waals surface area (Å²) in [5, 5.41) is 17.3. The average molecular weight is 421 g/mol. The highest BCUT2D eigenvalue weighted by atomic mass is 16.3. The predicted molar refractivity (Wildman–Crippen MR) is 121 cm³/mol. The number of hydrogen-bond donors (Lipinski definition) is 3. The van der Waals surface area contributed by atoms with Gasteiger partial charge in [-0.15, -0.1) is 0 Å². The van der Waals surface area contributed by atoms with E-state index in [0.717, 1.165) is 42.4 Å². The lowest BCUT2D eigenvalue weighted by Gasteiger charge is -2.29. The monoisotopic (exact) mass is 420 g/mol. The Hall–Kier alpha value is -3.42. The maximum atomic E-state index is 12.3. The van der Waals surface area contributed by atoms with Gasteiger partial charge in [0.2, 0.25) is 5.95 Å². The number of anilines is 2. The second-order valence-corrected chi connectivity index (χ2v) is 8.25. The Morgan fingerprint density at radius 1 is 1.13 bits per heavy atom. The number of nitrogens with zero attached hydrogens (tertiary/aromatic N) is 4. The summed E-state index contributed by atoms with van der Waals surface area (Å²) in [4.78, 5) is 27.6. The molecule has 1 aliphatic rings. The van der Waals surface area contributed by atoms with E-state index < -0.39 is 0 Å². The quantitative estimate of drug-likeness (QED) is 0.563. The van der Waals surface area contributed by atoms with Crippen LogP contribution < -0.4 is 15.5 Å². The Balaban J connectivity index is 1.32. The number of para-hydroxylation sites is 1. The molecule has 3 aromatic rings. The predicted octanol–water partition coefficient (Wildman–Crippen LogP) is 3.20. The van der Waals surface area contributed by atoms with E-state index in [1.54, 1.807) is 0 Å². The molecule has 31 heavy (non-hydrogen) atoms. The zero-order chi connectivity index (χ0) is 21.8. The Bertz CT molecular complexity index is 1060. The highest BCUT2D eigenvalue weighted by Crippen LogP contribution is 2.28. The van der Waals surface area contributed by atoms with Crippen LogP contribution in [0.5, 0.6) is 5.75 Å². The number of benzene rings is 1. The van der Waals surface area contributed by atoms with Crippen LogP contribution in [0.15, 0.2) is 42.7 Å². The van der Waals surface area contributed by atoms with Crippen LogP contribution in [-0.2, 0) is 0 Å². The lowest BCUT2D eigenvalue weighted by Crippen LogP contribution is -2.34. The minimum absolute atomic E-state index is 0.0483. The number of nitrogens with one attached hydrogen (secondary N) is 2. The van der Waals surface area contributed by atoms with E-state index in [4.69, 9.17) is 9.97 Å². The summed E-state index contributed by atoms with van der Waals surface area (Å²) >= 11 is 0. The van der Waals surface area contributed by atoms with Gasteiger partial charge >= 0.3 is 0 Å². The van der Waals surface area contributed by atoms with Crippen molar-refractivity contribution in [2.75, 3.05) is 30.9 Å². The van der Waals surface area contributed by atoms with Crippen molar-refractivity contribution in [3.05, 3.63) is 48.3 Å². The molecular weight excluding hydrogens is 392 g/mol. The molecule has 0 atom stereocenters. The maximum absolute atomic E-state index is 12.3. The van der Waals surface area contributed by atoms with Crippen molar-refractivity contribution in [1.29, 1.82) is 0 Å². The van der Waals surface area contributed by atoms with Gasteiger partial charge in [0.1, 0.15) is 11.6 Å². The number of carbonyl (C=O) groups is 1. The van der Waals surface area contributed by atoms with Crippen molar-refractivity contribution >= 4 is 28.6 Å². The van der Waals surface area contributed by atoms with Crippen molar-refractivity contribution in [1.82, 2.24) is 20.3 Å². The lowest BCUT2D eigenvalue weighted by molar-refractivity contribution is 0.0940. The number of aromatic nitrogens is 3. The third kappa shape index (κ3) is 4.84. The van der Waals surface area contributed by atoms with Crippen molar-refractivity contribution in [2.24, 2.45) is 5.92 Å². The normalized spacial score (nSPS) is 18.5. The summed E-state index contributed by atoms with van der Waals surface area (Å²) in [6.45, 7) is 0.594. The third-order valence-electron chi connectivity index (χ3n) is 5.78. The molecule has 8 nitrogen and oxygen atoms in total. The Labute approximate surface area is 181 Å². The van der Waals surface area contributed by atoms with Crippen LogP contribution in [0.4, 0.5) is 11.8 Å². The molecule has 0 bridgehead atoms. The van der Waals surface area contributed by atoms with E-state index in [1.807, 2.05) is 43.3 Å². The molecule has 2 aromatic heterocycles. The van der Waals surface area contributed by atoms with Crippen molar-refractivity contribution in [3.63, 3.8) is 0 Å². The Morgan fingerprint density at radius 2 is 1.90 bits per heavy atom. The first-order chi connectivity index (χ1) is 15.0. The van der Waals surface area contributed by atoms with E-state index in [1.165, 1.54) is 18.5 Å². The van der Waals surface area contributed by atoms with Gasteiger partial charge in [-0.2, -0.15) is 4.98 Å². The fourth-order valence-corrected chi connectivity index (χ4v) is 4.05. The number of carbonyl (C=O) groups excluding carboxylic acids is 1. The third-order valence-corrected chi connectivity index (χ3v) is 5.78. The number of hydrogen-bond acceptors (Lipinski definition) is 7. The molecule has 1 saturated carbocycles. The summed E-state index contributed by atoms with van der Waals surface area (Å²) in [5.74, 6) is 1.64. The molecule has 1 amide bonds. The summed E-state index contributed by atoms with van der Waals surface area (Å²) in [7, 11) is 3.98. The number of pyridine rings is 1. The van der Waals surface area contributed by atoms with Crippen LogP contribution in [0.2, 0.25) is 0 Å². The summed E-state index contributed by atoms with van der Waals surface area (Å²) in [6, 6.07) is 9.77.